The van der Waals surface area contributed by atoms with Crippen LogP contribution < -0.4 is 4.57 Å². The summed E-state index contributed by atoms with van der Waals surface area (Å²) in [6.07, 6.45) is 1.99. The molecule has 0 bridgehead atoms. The van der Waals surface area contributed by atoms with E-state index in [1.165, 1.54) is 23.7 Å². The van der Waals surface area contributed by atoms with Gasteiger partial charge >= 0.3 is 11.9 Å². The maximum Gasteiger partial charge on any atom is 0.352 e. The smallest absolute Gasteiger partial charge is 0.352 e. The molecule has 24 heavy (non-hydrogen) atoms. The summed E-state index contributed by atoms with van der Waals surface area (Å²) in [6, 6.07) is 4.91. The molecule has 1 aromatic heterocycles. The van der Waals surface area contributed by atoms with Gasteiger partial charge in [-0.15, -0.1) is 11.8 Å². The summed E-state index contributed by atoms with van der Waals surface area (Å²) < 4.78 is 1.57. The van der Waals surface area contributed by atoms with Crippen molar-refractivity contribution in [3.05, 3.63) is 41.4 Å². The number of aliphatic carboxylic acids is 1. The number of rotatable bonds is 4. The van der Waals surface area contributed by atoms with Gasteiger partial charge in [0.25, 0.3) is 5.69 Å². The van der Waals surface area contributed by atoms with Crippen molar-refractivity contribution in [1.82, 2.24) is 9.96 Å². The molecule has 2 amide bonds. The van der Waals surface area contributed by atoms with E-state index in [-0.39, 0.29) is 29.2 Å². The fraction of sp³-hybridized carbons (Fsp3) is 0.333. The molecule has 126 valence electrons. The first-order chi connectivity index (χ1) is 11.4. The Morgan fingerprint density at radius 1 is 1.46 bits per heavy atom. The van der Waals surface area contributed by atoms with E-state index in [0.717, 1.165) is 0 Å². The quantitative estimate of drug-likeness (QED) is 0.345. The van der Waals surface area contributed by atoms with Crippen LogP contribution >= 0.6 is 11.8 Å². The van der Waals surface area contributed by atoms with Gasteiger partial charge in [0.2, 0.25) is 5.91 Å². The Balaban J connectivity index is 1.98. The van der Waals surface area contributed by atoms with Crippen LogP contribution in [0.3, 0.4) is 0 Å². The van der Waals surface area contributed by atoms with E-state index in [2.05, 4.69) is 0 Å². The van der Waals surface area contributed by atoms with E-state index < -0.39 is 11.9 Å². The van der Waals surface area contributed by atoms with Crippen molar-refractivity contribution in [2.45, 2.75) is 18.3 Å². The van der Waals surface area contributed by atoms with E-state index in [0.29, 0.717) is 22.8 Å². The second-order valence-corrected chi connectivity index (χ2v) is 6.70. The van der Waals surface area contributed by atoms with Crippen LogP contribution in [0, 0.1) is 0 Å². The monoisotopic (exact) mass is 350 g/mol. The maximum absolute atomic E-state index is 12.1. The molecule has 0 aromatic carbocycles. The third-order valence-electron chi connectivity index (χ3n) is 3.95. The Hall–Kier alpha value is -2.39. The summed E-state index contributed by atoms with van der Waals surface area (Å²) in [5.74, 6) is -1.48. The van der Waals surface area contributed by atoms with E-state index in [1.807, 2.05) is 0 Å². The number of thioether (sulfide) groups is 1. The zero-order valence-corrected chi connectivity index (χ0v) is 13.7. The van der Waals surface area contributed by atoms with Crippen molar-refractivity contribution >= 4 is 29.5 Å². The highest BCUT2D eigenvalue weighted by Gasteiger charge is 2.46. The number of carboxylic acid groups (broad SMARTS) is 1. The van der Waals surface area contributed by atoms with Crippen LogP contribution in [0.15, 0.2) is 35.7 Å². The molecule has 0 radical (unpaired) electrons. The van der Waals surface area contributed by atoms with Crippen molar-refractivity contribution in [2.24, 2.45) is 0 Å². The minimum absolute atomic E-state index is 0.00195. The molecule has 1 aromatic rings. The number of hydrogen-bond acceptors (Lipinski definition) is 5. The second-order valence-electron chi connectivity index (χ2n) is 5.53. The molecule has 1 atom stereocenters. The van der Waals surface area contributed by atoms with Crippen LogP contribution in [0.25, 0.3) is 0 Å². The van der Waals surface area contributed by atoms with E-state index in [4.69, 9.17) is 0 Å². The summed E-state index contributed by atoms with van der Waals surface area (Å²) in [7, 11) is 1.22. The SMILES string of the molecule is CN(O)C(=O)c1cccc[n+]1CC1=C(C(=O)O)N2C(=O)CC2SC1. The molecule has 1 fully saturated rings. The number of fused-ring (bicyclic) bond motifs is 1. The maximum atomic E-state index is 12.1. The van der Waals surface area contributed by atoms with E-state index in [9.17, 15) is 24.7 Å². The highest BCUT2D eigenvalue weighted by molar-refractivity contribution is 8.00. The Bertz CT molecular complexity index is 761. The third kappa shape index (κ3) is 2.76. The number of pyridine rings is 1. The molecular formula is C15H16N3O5S+. The van der Waals surface area contributed by atoms with Gasteiger partial charge in [0.05, 0.1) is 11.8 Å². The summed E-state index contributed by atoms with van der Waals surface area (Å²) >= 11 is 1.51. The molecular weight excluding hydrogens is 334 g/mol. The van der Waals surface area contributed by atoms with Crippen molar-refractivity contribution < 1.29 is 29.3 Å². The number of hydroxylamine groups is 2. The average Bonchev–Trinajstić information content (AvgIpc) is 2.54. The number of nitrogens with zero attached hydrogens (tertiary/aromatic N) is 3. The molecule has 2 aliphatic heterocycles. The molecule has 1 saturated heterocycles. The Labute approximate surface area is 141 Å². The normalized spacial score (nSPS) is 19.7. The minimum atomic E-state index is -1.15. The topological polar surface area (TPSA) is 102 Å². The van der Waals surface area contributed by atoms with Gasteiger partial charge < -0.3 is 5.11 Å². The van der Waals surface area contributed by atoms with Crippen molar-refractivity contribution in [3.8, 4) is 0 Å². The third-order valence-corrected chi connectivity index (χ3v) is 5.23. The highest BCUT2D eigenvalue weighted by Crippen LogP contribution is 2.39. The predicted octanol–water partition coefficient (Wildman–Crippen LogP) is 0.0792. The summed E-state index contributed by atoms with van der Waals surface area (Å²) in [5, 5.41) is 19.2. The number of carbonyl (C=O) groups excluding carboxylic acids is 2. The first kappa shape index (κ1) is 16.5. The molecule has 0 spiro atoms. The molecule has 1 unspecified atom stereocenters. The van der Waals surface area contributed by atoms with Crippen LogP contribution in [-0.4, -0.2) is 56.2 Å². The standard InChI is InChI=1S/C15H15N3O5S/c1-16(23)14(20)10-4-2-3-5-17(10)7-9-8-24-12-6-11(19)18(12)13(9)15(21)22/h2-5,12,23H,6-8H2,1H3/p+1. The van der Waals surface area contributed by atoms with Crippen LogP contribution in [0.4, 0.5) is 0 Å². The van der Waals surface area contributed by atoms with Crippen LogP contribution in [-0.2, 0) is 16.1 Å². The van der Waals surface area contributed by atoms with Crippen molar-refractivity contribution in [2.75, 3.05) is 12.8 Å². The number of aromatic nitrogens is 1. The largest absolute Gasteiger partial charge is 0.477 e. The van der Waals surface area contributed by atoms with Gasteiger partial charge in [-0.2, -0.15) is 4.57 Å². The molecule has 0 saturated carbocycles. The molecule has 3 rings (SSSR count). The number of carbonyl (C=O) groups is 3. The fourth-order valence-electron chi connectivity index (χ4n) is 2.78. The van der Waals surface area contributed by atoms with Gasteiger partial charge in [-0.3, -0.25) is 19.7 Å². The molecule has 9 heteroatoms. The van der Waals surface area contributed by atoms with E-state index in [1.54, 1.807) is 29.0 Å². The van der Waals surface area contributed by atoms with Crippen molar-refractivity contribution in [1.29, 1.82) is 0 Å². The number of carboxylic acids is 1. The van der Waals surface area contributed by atoms with Crippen LogP contribution in [0.1, 0.15) is 16.9 Å². The summed E-state index contributed by atoms with van der Waals surface area (Å²) in [5.41, 5.74) is 0.784. The zero-order chi connectivity index (χ0) is 17.4. The molecule has 3 heterocycles. The van der Waals surface area contributed by atoms with Crippen molar-refractivity contribution in [3.63, 3.8) is 0 Å². The predicted molar refractivity (Wildman–Crippen MR) is 82.9 cm³/mol. The number of amides is 2. The Morgan fingerprint density at radius 2 is 2.21 bits per heavy atom. The molecule has 2 N–H and O–H groups in total. The molecule has 0 aliphatic carbocycles. The van der Waals surface area contributed by atoms with Crippen LogP contribution in [0.5, 0.6) is 0 Å². The van der Waals surface area contributed by atoms with Gasteiger partial charge in [-0.25, -0.2) is 9.86 Å². The lowest BCUT2D eigenvalue weighted by molar-refractivity contribution is -0.691. The molecule has 8 nitrogen and oxygen atoms in total. The Kier molecular flexibility index (Phi) is 4.29. The van der Waals surface area contributed by atoms with Gasteiger partial charge in [0.1, 0.15) is 5.70 Å². The lowest BCUT2D eigenvalue weighted by Crippen LogP contribution is -2.55. The first-order valence-corrected chi connectivity index (χ1v) is 8.29. The van der Waals surface area contributed by atoms with Gasteiger partial charge in [-0.1, -0.05) is 0 Å². The van der Waals surface area contributed by atoms with Gasteiger partial charge in [0, 0.05) is 30.5 Å². The Morgan fingerprint density at radius 3 is 2.83 bits per heavy atom. The first-order valence-electron chi connectivity index (χ1n) is 7.24. The highest BCUT2D eigenvalue weighted by atomic mass is 32.2. The second kappa shape index (κ2) is 6.25. The summed E-state index contributed by atoms with van der Waals surface area (Å²) in [4.78, 5) is 36.8. The fourth-order valence-corrected chi connectivity index (χ4v) is 4.03. The number of hydrogen-bond donors (Lipinski definition) is 2. The summed E-state index contributed by atoms with van der Waals surface area (Å²) in [6.45, 7) is 0.154. The number of β-lactam (4-membered cyclic amide) rings is 1. The van der Waals surface area contributed by atoms with Gasteiger partial charge in [-0.05, 0) is 6.07 Å². The average molecular weight is 350 g/mol. The van der Waals surface area contributed by atoms with Crippen LogP contribution in [0.2, 0.25) is 0 Å². The van der Waals surface area contributed by atoms with Gasteiger partial charge in [0.15, 0.2) is 12.7 Å². The molecule has 2 aliphatic rings. The zero-order valence-electron chi connectivity index (χ0n) is 12.9. The lowest BCUT2D eigenvalue weighted by atomic mass is 10.1. The van der Waals surface area contributed by atoms with E-state index >= 15 is 0 Å². The lowest BCUT2D eigenvalue weighted by Gasteiger charge is -2.43. The minimum Gasteiger partial charge on any atom is -0.477 e.